The number of carbonyl (C=O) groups excluding carboxylic acids is 2. The molecule has 0 aliphatic carbocycles. The normalized spacial score (nSPS) is 12.6. The molecule has 9 nitrogen and oxygen atoms in total. The van der Waals surface area contributed by atoms with Gasteiger partial charge in [0.05, 0.1) is 23.9 Å². The van der Waals surface area contributed by atoms with E-state index in [1.54, 1.807) is 48.5 Å². The number of hydrogen-bond donors (Lipinski definition) is 3. The van der Waals surface area contributed by atoms with Crippen LogP contribution in [0.4, 0.5) is 17.2 Å². The number of carbonyl (C=O) groups is 2. The van der Waals surface area contributed by atoms with E-state index in [4.69, 9.17) is 21.5 Å². The molecule has 1 aliphatic heterocycles. The zero-order valence-electron chi connectivity index (χ0n) is 16.2. The number of fused-ring (bicyclic) bond motifs is 1. The lowest BCUT2D eigenvalue weighted by atomic mass is 10.1. The summed E-state index contributed by atoms with van der Waals surface area (Å²) in [6.07, 6.45) is 1.86. The molecule has 2 heterocycles. The molecule has 10 heteroatoms. The average Bonchev–Trinajstić information content (AvgIpc) is 3.03. The first-order valence-electron chi connectivity index (χ1n) is 9.44. The Morgan fingerprint density at radius 1 is 1.03 bits per heavy atom. The molecule has 0 spiro atoms. The Kier molecular flexibility index (Phi) is 5.96. The number of nitrogens with zero attached hydrogens (tertiary/aromatic N) is 3. The number of rotatable bonds is 8. The molecule has 31 heavy (non-hydrogen) atoms. The lowest BCUT2D eigenvalue weighted by molar-refractivity contribution is 0.0646. The molecule has 2 aromatic carbocycles. The predicted octanol–water partition coefficient (Wildman–Crippen LogP) is 3.74. The van der Waals surface area contributed by atoms with Crippen molar-refractivity contribution >= 4 is 40.6 Å². The summed E-state index contributed by atoms with van der Waals surface area (Å²) < 4.78 is 5.71. The molecule has 0 bridgehead atoms. The Morgan fingerprint density at radius 3 is 2.35 bits per heavy atom. The van der Waals surface area contributed by atoms with E-state index in [1.807, 2.05) is 5.48 Å². The molecule has 0 saturated heterocycles. The maximum absolute atomic E-state index is 12.3. The topological polar surface area (TPSA) is 117 Å². The molecular weight excluding hydrogens is 422 g/mol. The zero-order valence-corrected chi connectivity index (χ0v) is 17.0. The second-order valence-corrected chi connectivity index (χ2v) is 7.01. The van der Waals surface area contributed by atoms with Gasteiger partial charge >= 0.3 is 0 Å². The van der Waals surface area contributed by atoms with Gasteiger partial charge in [0.1, 0.15) is 11.4 Å². The molecule has 3 N–H and O–H groups in total. The summed E-state index contributed by atoms with van der Waals surface area (Å²) in [7, 11) is 0. The first kappa shape index (κ1) is 20.6. The maximum atomic E-state index is 12.3. The van der Waals surface area contributed by atoms with Crippen LogP contribution in [0.15, 0.2) is 54.7 Å². The standard InChI is InChI=1S/C21H18ClN5O4/c22-21-23-12-17(26-30)18(25-21)24-13-6-8-14(9-7-13)31-11-3-10-27-19(28)15-4-1-2-5-16(15)20(27)29/h1-2,4-9,12,26,30H,3,10-11H2,(H,23,24,25). The molecule has 2 amide bonds. The van der Waals surface area contributed by atoms with Crippen molar-refractivity contribution in [1.82, 2.24) is 14.9 Å². The fourth-order valence-electron chi connectivity index (χ4n) is 3.16. The second-order valence-electron chi connectivity index (χ2n) is 6.67. The summed E-state index contributed by atoms with van der Waals surface area (Å²) in [5.74, 6) is 0.418. The highest BCUT2D eigenvalue weighted by Crippen LogP contribution is 2.25. The zero-order chi connectivity index (χ0) is 21.8. The van der Waals surface area contributed by atoms with E-state index in [9.17, 15) is 9.59 Å². The first-order chi connectivity index (χ1) is 15.1. The average molecular weight is 440 g/mol. The Hall–Kier alpha value is -3.69. The van der Waals surface area contributed by atoms with E-state index in [2.05, 4.69) is 15.3 Å². The molecule has 1 aliphatic rings. The van der Waals surface area contributed by atoms with Crippen molar-refractivity contribution in [2.45, 2.75) is 6.42 Å². The third-order valence-corrected chi connectivity index (χ3v) is 4.85. The van der Waals surface area contributed by atoms with Crippen molar-refractivity contribution in [2.24, 2.45) is 0 Å². The molecule has 0 atom stereocenters. The molecule has 0 radical (unpaired) electrons. The molecule has 0 saturated carbocycles. The van der Waals surface area contributed by atoms with Gasteiger partial charge in [-0.1, -0.05) is 12.1 Å². The Balaban J connectivity index is 1.28. The Labute approximate surface area is 182 Å². The van der Waals surface area contributed by atoms with Gasteiger partial charge in [-0.3, -0.25) is 25.2 Å². The molecular formula is C21H18ClN5O4. The summed E-state index contributed by atoms with van der Waals surface area (Å²) in [5.41, 5.74) is 3.87. The van der Waals surface area contributed by atoms with Gasteiger partial charge in [0, 0.05) is 12.2 Å². The van der Waals surface area contributed by atoms with Gasteiger partial charge in [0.25, 0.3) is 11.8 Å². The number of halogens is 1. The highest BCUT2D eigenvalue weighted by molar-refractivity contribution is 6.28. The van der Waals surface area contributed by atoms with Gasteiger partial charge in [0.2, 0.25) is 5.28 Å². The summed E-state index contributed by atoms with van der Waals surface area (Å²) >= 11 is 5.79. The fraction of sp³-hybridized carbons (Fsp3) is 0.143. The van der Waals surface area contributed by atoms with E-state index in [0.29, 0.717) is 41.4 Å². The van der Waals surface area contributed by atoms with Crippen LogP contribution in [0.5, 0.6) is 5.75 Å². The molecule has 4 rings (SSSR count). The fourth-order valence-corrected chi connectivity index (χ4v) is 3.30. The SMILES string of the molecule is O=C1c2ccccc2C(=O)N1CCCOc1ccc(Nc2nc(Cl)ncc2NO)cc1. The number of aromatic nitrogens is 2. The first-order valence-corrected chi connectivity index (χ1v) is 9.82. The molecule has 158 valence electrons. The quantitative estimate of drug-likeness (QED) is 0.210. The van der Waals surface area contributed by atoms with Gasteiger partial charge in [-0.2, -0.15) is 4.98 Å². The molecule has 0 fully saturated rings. The van der Waals surface area contributed by atoms with Crippen molar-refractivity contribution in [2.75, 3.05) is 23.9 Å². The van der Waals surface area contributed by atoms with E-state index >= 15 is 0 Å². The van der Waals surface area contributed by atoms with Gasteiger partial charge in [-0.05, 0) is 54.4 Å². The lowest BCUT2D eigenvalue weighted by Gasteiger charge is -2.14. The van der Waals surface area contributed by atoms with Crippen molar-refractivity contribution in [3.63, 3.8) is 0 Å². The summed E-state index contributed by atoms with van der Waals surface area (Å²) in [5, 5.41) is 12.2. The van der Waals surface area contributed by atoms with Crippen LogP contribution in [0.25, 0.3) is 0 Å². The van der Waals surface area contributed by atoms with Crippen LogP contribution >= 0.6 is 11.6 Å². The van der Waals surface area contributed by atoms with Crippen LogP contribution in [0.2, 0.25) is 5.28 Å². The smallest absolute Gasteiger partial charge is 0.261 e. The third-order valence-electron chi connectivity index (χ3n) is 4.67. The monoisotopic (exact) mass is 439 g/mol. The number of amides is 2. The number of hydrogen-bond acceptors (Lipinski definition) is 8. The summed E-state index contributed by atoms with van der Waals surface area (Å²) in [6, 6.07) is 13.9. The lowest BCUT2D eigenvalue weighted by Crippen LogP contribution is -2.31. The van der Waals surface area contributed by atoms with E-state index in [0.717, 1.165) is 0 Å². The predicted molar refractivity (Wildman–Crippen MR) is 114 cm³/mol. The number of anilines is 3. The van der Waals surface area contributed by atoms with Gasteiger partial charge in [-0.25, -0.2) is 4.98 Å². The number of nitrogens with one attached hydrogen (secondary N) is 2. The van der Waals surface area contributed by atoms with Crippen LogP contribution in [-0.4, -0.2) is 45.0 Å². The largest absolute Gasteiger partial charge is 0.494 e. The molecule has 1 aromatic heterocycles. The van der Waals surface area contributed by atoms with E-state index in [-0.39, 0.29) is 29.3 Å². The van der Waals surface area contributed by atoms with Crippen molar-refractivity contribution < 1.29 is 19.5 Å². The molecule has 3 aromatic rings. The van der Waals surface area contributed by atoms with Crippen LogP contribution in [0, 0.1) is 0 Å². The van der Waals surface area contributed by atoms with Crippen molar-refractivity contribution in [3.05, 3.63) is 71.1 Å². The molecule has 0 unspecified atom stereocenters. The third kappa shape index (κ3) is 4.42. The van der Waals surface area contributed by atoms with Crippen molar-refractivity contribution in [1.29, 1.82) is 0 Å². The highest BCUT2D eigenvalue weighted by atomic mass is 35.5. The van der Waals surface area contributed by atoms with Gasteiger partial charge in [-0.15, -0.1) is 0 Å². The maximum Gasteiger partial charge on any atom is 0.261 e. The number of imide groups is 1. The number of benzene rings is 2. The number of ether oxygens (including phenoxy) is 1. The van der Waals surface area contributed by atoms with Crippen LogP contribution in [0.3, 0.4) is 0 Å². The highest BCUT2D eigenvalue weighted by Gasteiger charge is 2.34. The Morgan fingerprint density at radius 2 is 1.71 bits per heavy atom. The van der Waals surface area contributed by atoms with Crippen LogP contribution in [0.1, 0.15) is 27.1 Å². The minimum Gasteiger partial charge on any atom is -0.494 e. The second kappa shape index (κ2) is 8.99. The van der Waals surface area contributed by atoms with Crippen molar-refractivity contribution in [3.8, 4) is 5.75 Å². The summed E-state index contributed by atoms with van der Waals surface area (Å²) in [6.45, 7) is 0.637. The minimum atomic E-state index is -0.266. The Bertz CT molecular complexity index is 1090. The van der Waals surface area contributed by atoms with Crippen LogP contribution in [-0.2, 0) is 0 Å². The van der Waals surface area contributed by atoms with Gasteiger partial charge < -0.3 is 10.1 Å². The van der Waals surface area contributed by atoms with E-state index < -0.39 is 0 Å². The minimum absolute atomic E-state index is 0.0412. The summed E-state index contributed by atoms with van der Waals surface area (Å²) in [4.78, 5) is 33.7. The van der Waals surface area contributed by atoms with E-state index in [1.165, 1.54) is 11.1 Å². The van der Waals surface area contributed by atoms with Gasteiger partial charge in [0.15, 0.2) is 5.82 Å². The van der Waals surface area contributed by atoms with Crippen LogP contribution < -0.4 is 15.5 Å².